The Hall–Kier alpha value is -0.240. The Bertz CT molecular complexity index is 184. The Balaban J connectivity index is 0.000000202. The van der Waals surface area contributed by atoms with Crippen molar-refractivity contribution in [3.05, 3.63) is 36.4 Å². The lowest BCUT2D eigenvalue weighted by Crippen LogP contribution is -1.95. The van der Waals surface area contributed by atoms with Crippen LogP contribution in [0, 0.1) is 0 Å². The first-order valence-electron chi connectivity index (χ1n) is 3.12. The minimum atomic E-state index is -1.08. The summed E-state index contributed by atoms with van der Waals surface area (Å²) < 4.78 is 0. The molecule has 0 heterocycles. The fourth-order valence-electron chi connectivity index (χ4n) is 0.385. The fraction of sp³-hybridized carbons (Fsp3) is 0.125. The zero-order valence-electron chi connectivity index (χ0n) is 6.08. The van der Waals surface area contributed by atoms with Crippen LogP contribution in [0.4, 0.5) is 0 Å². The van der Waals surface area contributed by atoms with Crippen molar-refractivity contribution in [3.8, 4) is 0 Å². The third-order valence-electron chi connectivity index (χ3n) is 0.838. The van der Waals surface area contributed by atoms with Gasteiger partial charge in [0.15, 0.2) is 4.84 Å². The second kappa shape index (κ2) is 7.41. The number of rotatable bonds is 1. The quantitative estimate of drug-likeness (QED) is 0.530. The van der Waals surface area contributed by atoms with Crippen LogP contribution >= 0.6 is 34.8 Å². The van der Waals surface area contributed by atoms with E-state index < -0.39 is 10.1 Å². The molecule has 0 aliphatic rings. The second-order valence-electron chi connectivity index (χ2n) is 1.76. The van der Waals surface area contributed by atoms with E-state index in [1.807, 2.05) is 36.4 Å². The molecule has 1 aromatic rings. The molecule has 1 aromatic carbocycles. The summed E-state index contributed by atoms with van der Waals surface area (Å²) in [6, 6.07) is 12.0. The number of alkyl halides is 2. The molecule has 0 amide bonds. The smallest absolute Gasteiger partial charge is 0.254 e. The minimum absolute atomic E-state index is 0.738. The maximum atomic E-state index is 9.65. The lowest BCUT2D eigenvalue weighted by Gasteiger charge is -1.82. The van der Waals surface area contributed by atoms with Gasteiger partial charge < -0.3 is 0 Å². The Morgan fingerprint density at radius 1 is 0.917 bits per heavy atom. The summed E-state index contributed by atoms with van der Waals surface area (Å²) >= 11 is 14.5. The zero-order valence-corrected chi connectivity index (χ0v) is 8.35. The van der Waals surface area contributed by atoms with E-state index in [9.17, 15) is 4.79 Å². The number of hydrogen-bond donors (Lipinski definition) is 0. The van der Waals surface area contributed by atoms with Crippen molar-refractivity contribution in [2.24, 2.45) is 0 Å². The molecule has 12 heavy (non-hydrogen) atoms. The predicted molar refractivity (Wildman–Crippen MR) is 52.8 cm³/mol. The molecule has 0 saturated heterocycles. The Morgan fingerprint density at radius 2 is 1.08 bits per heavy atom. The van der Waals surface area contributed by atoms with E-state index in [1.165, 1.54) is 0 Å². The highest BCUT2D eigenvalue weighted by molar-refractivity contribution is 6.75. The van der Waals surface area contributed by atoms with E-state index in [1.54, 1.807) is 0 Å². The zero-order chi connectivity index (χ0) is 9.40. The Kier molecular flexibility index (Phi) is 7.26. The molecule has 1 rings (SSSR count). The third kappa shape index (κ3) is 7.86. The lowest BCUT2D eigenvalue weighted by molar-refractivity contribution is -0.110. The van der Waals surface area contributed by atoms with Gasteiger partial charge in [-0.25, -0.2) is 0 Å². The molecule has 0 fully saturated rings. The largest absolute Gasteiger partial charge is 0.278 e. The van der Waals surface area contributed by atoms with Gasteiger partial charge in [-0.3, -0.25) is 4.79 Å². The molecule has 66 valence electrons. The molecular weight excluding hydrogens is 218 g/mol. The van der Waals surface area contributed by atoms with Crippen LogP contribution in [-0.4, -0.2) is 10.1 Å². The molecule has 1 nitrogen and oxygen atoms in total. The van der Waals surface area contributed by atoms with Crippen LogP contribution in [0.15, 0.2) is 36.4 Å². The lowest BCUT2D eigenvalue weighted by atomic mass is 10.4. The van der Waals surface area contributed by atoms with Crippen molar-refractivity contribution in [2.45, 2.75) is 4.84 Å². The van der Waals surface area contributed by atoms with E-state index in [2.05, 4.69) is 0 Å². The summed E-state index contributed by atoms with van der Waals surface area (Å²) in [6.45, 7) is 0. The second-order valence-corrected chi connectivity index (χ2v) is 3.23. The highest BCUT2D eigenvalue weighted by atomic mass is 35.5. The molecular formula is C8H7Cl3O. The highest BCUT2D eigenvalue weighted by Gasteiger charge is 2.04. The van der Waals surface area contributed by atoms with Crippen molar-refractivity contribution < 1.29 is 4.79 Å². The van der Waals surface area contributed by atoms with Crippen LogP contribution in [0.3, 0.4) is 0 Å². The highest BCUT2D eigenvalue weighted by Crippen LogP contribution is 2.03. The number of carbonyl (C=O) groups excluding carboxylic acids is 1. The summed E-state index contributed by atoms with van der Waals surface area (Å²) in [5.74, 6) is 0. The predicted octanol–water partition coefficient (Wildman–Crippen LogP) is 3.24. The topological polar surface area (TPSA) is 17.1 Å². The first-order valence-corrected chi connectivity index (χ1v) is 4.37. The summed E-state index contributed by atoms with van der Waals surface area (Å²) in [5.41, 5.74) is 0. The van der Waals surface area contributed by atoms with Gasteiger partial charge in [0.05, 0.1) is 0 Å². The van der Waals surface area contributed by atoms with E-state index >= 15 is 0 Å². The van der Waals surface area contributed by atoms with Crippen molar-refractivity contribution in [3.63, 3.8) is 0 Å². The number of benzene rings is 1. The van der Waals surface area contributed by atoms with Crippen LogP contribution in [-0.2, 0) is 4.79 Å². The van der Waals surface area contributed by atoms with Gasteiger partial charge in [0.2, 0.25) is 0 Å². The number of hydrogen-bond acceptors (Lipinski definition) is 1. The number of carbonyl (C=O) groups is 1. The van der Waals surface area contributed by atoms with Gasteiger partial charge in [0, 0.05) is 0 Å². The molecule has 0 radical (unpaired) electrons. The normalized spacial score (nSPS) is 8.67. The molecule has 0 aromatic heterocycles. The summed E-state index contributed by atoms with van der Waals surface area (Å²) in [7, 11) is 0. The Labute approximate surface area is 86.2 Å². The van der Waals surface area contributed by atoms with Gasteiger partial charge in [-0.1, -0.05) is 59.6 Å². The first kappa shape index (κ1) is 11.8. The molecule has 0 aliphatic heterocycles. The molecule has 4 heteroatoms. The molecule has 0 bridgehead atoms. The van der Waals surface area contributed by atoms with Crippen molar-refractivity contribution in [2.75, 3.05) is 0 Å². The molecule has 0 unspecified atom stereocenters. The van der Waals surface area contributed by atoms with E-state index in [0.29, 0.717) is 0 Å². The van der Waals surface area contributed by atoms with Crippen molar-refractivity contribution in [1.29, 1.82) is 0 Å². The summed E-state index contributed by atoms with van der Waals surface area (Å²) in [5, 5.41) is -0.738. The minimum Gasteiger partial charge on any atom is -0.278 e. The fourth-order valence-corrected chi connectivity index (χ4v) is 0.385. The first-order chi connectivity index (χ1) is 5.64. The maximum Gasteiger partial charge on any atom is 0.254 e. The molecule has 0 atom stereocenters. The molecule has 0 N–H and O–H groups in total. The number of halogens is 3. The SMILES string of the molecule is O=C(Cl)C(Cl)Cl.c1ccccc1. The van der Waals surface area contributed by atoms with Crippen LogP contribution in [0.25, 0.3) is 0 Å². The van der Waals surface area contributed by atoms with Crippen LogP contribution < -0.4 is 0 Å². The molecule has 0 saturated carbocycles. The Morgan fingerprint density at radius 3 is 1.17 bits per heavy atom. The standard InChI is InChI=1S/C6H6.C2HCl3O/c1-2-4-6-5-3-1;3-1(4)2(5)6/h1-6H;1H. The molecule has 0 aliphatic carbocycles. The molecule has 0 spiro atoms. The van der Waals surface area contributed by atoms with E-state index in [0.717, 1.165) is 0 Å². The van der Waals surface area contributed by atoms with Crippen LogP contribution in [0.1, 0.15) is 0 Å². The average molecular weight is 226 g/mol. The maximum absolute atomic E-state index is 9.65. The van der Waals surface area contributed by atoms with Crippen molar-refractivity contribution in [1.82, 2.24) is 0 Å². The van der Waals surface area contributed by atoms with Gasteiger partial charge in [-0.2, -0.15) is 0 Å². The average Bonchev–Trinajstić information content (AvgIpc) is 2.08. The van der Waals surface area contributed by atoms with Gasteiger partial charge in [-0.15, -0.1) is 0 Å². The van der Waals surface area contributed by atoms with E-state index in [-0.39, 0.29) is 0 Å². The summed E-state index contributed by atoms with van der Waals surface area (Å²) in [4.78, 5) is 8.57. The summed E-state index contributed by atoms with van der Waals surface area (Å²) in [6.07, 6.45) is 0. The van der Waals surface area contributed by atoms with Crippen molar-refractivity contribution >= 4 is 40.0 Å². The van der Waals surface area contributed by atoms with E-state index in [4.69, 9.17) is 34.8 Å². The van der Waals surface area contributed by atoms with Gasteiger partial charge >= 0.3 is 0 Å². The van der Waals surface area contributed by atoms with Gasteiger partial charge in [-0.05, 0) is 11.6 Å². The van der Waals surface area contributed by atoms with Gasteiger partial charge in [0.1, 0.15) is 0 Å². The van der Waals surface area contributed by atoms with Gasteiger partial charge in [0.25, 0.3) is 5.24 Å². The van der Waals surface area contributed by atoms with Crippen LogP contribution in [0.2, 0.25) is 0 Å². The third-order valence-corrected chi connectivity index (χ3v) is 1.68. The monoisotopic (exact) mass is 224 g/mol. The van der Waals surface area contributed by atoms with Crippen LogP contribution in [0.5, 0.6) is 0 Å².